The van der Waals surface area contributed by atoms with Crippen molar-refractivity contribution in [3.8, 4) is 0 Å². The summed E-state index contributed by atoms with van der Waals surface area (Å²) in [5, 5.41) is 0. The van der Waals surface area contributed by atoms with E-state index >= 15 is 0 Å². The van der Waals surface area contributed by atoms with Gasteiger partial charge in [0, 0.05) is 19.3 Å². The summed E-state index contributed by atoms with van der Waals surface area (Å²) in [7, 11) is 0. The van der Waals surface area contributed by atoms with Crippen LogP contribution in [0.25, 0.3) is 0 Å². The molecule has 0 N–H and O–H groups in total. The van der Waals surface area contributed by atoms with E-state index in [1.807, 2.05) is 0 Å². The van der Waals surface area contributed by atoms with Gasteiger partial charge >= 0.3 is 17.9 Å². The summed E-state index contributed by atoms with van der Waals surface area (Å²) in [5.74, 6) is -0.876. The smallest absolute Gasteiger partial charge is 0.306 e. The normalized spacial score (nSPS) is 12.1. The van der Waals surface area contributed by atoms with Gasteiger partial charge in [0.25, 0.3) is 0 Å². The zero-order chi connectivity index (χ0) is 45.1. The fourth-order valence-electron chi connectivity index (χ4n) is 8.01. The minimum absolute atomic E-state index is 0.0732. The van der Waals surface area contributed by atoms with Gasteiger partial charge in [-0.2, -0.15) is 0 Å². The van der Waals surface area contributed by atoms with Crippen molar-refractivity contribution >= 4 is 17.9 Å². The van der Waals surface area contributed by atoms with Crippen LogP contribution in [0.4, 0.5) is 0 Å². The Kier molecular flexibility index (Phi) is 49.8. The van der Waals surface area contributed by atoms with Gasteiger partial charge in [-0.25, -0.2) is 0 Å². The van der Waals surface area contributed by atoms with Gasteiger partial charge in [0.1, 0.15) is 13.2 Å². The van der Waals surface area contributed by atoms with Gasteiger partial charge in [0.15, 0.2) is 6.10 Å². The van der Waals surface area contributed by atoms with Gasteiger partial charge in [-0.3, -0.25) is 14.4 Å². The molecule has 0 spiro atoms. The number of hydrogen-bond acceptors (Lipinski definition) is 6. The molecule has 0 amide bonds. The van der Waals surface area contributed by atoms with Gasteiger partial charge in [0.2, 0.25) is 0 Å². The number of esters is 3. The van der Waals surface area contributed by atoms with Crippen LogP contribution in [0.15, 0.2) is 24.3 Å². The Labute approximate surface area is 385 Å². The minimum Gasteiger partial charge on any atom is -0.462 e. The van der Waals surface area contributed by atoms with Crippen LogP contribution < -0.4 is 0 Å². The molecule has 6 heteroatoms. The first-order valence-electron chi connectivity index (χ1n) is 27.3. The van der Waals surface area contributed by atoms with Crippen LogP contribution in [0.3, 0.4) is 0 Å². The van der Waals surface area contributed by atoms with Gasteiger partial charge in [-0.05, 0) is 64.2 Å². The van der Waals surface area contributed by atoms with E-state index < -0.39 is 6.10 Å². The van der Waals surface area contributed by atoms with Gasteiger partial charge in [0.05, 0.1) is 0 Å². The molecular formula is C56H104O6. The fraction of sp³-hybridized carbons (Fsp3) is 0.875. The van der Waals surface area contributed by atoms with Crippen LogP contribution in [0, 0.1) is 0 Å². The van der Waals surface area contributed by atoms with E-state index in [1.54, 1.807) is 0 Å². The third kappa shape index (κ3) is 48.9. The molecule has 0 saturated carbocycles. The van der Waals surface area contributed by atoms with Crippen molar-refractivity contribution in [2.24, 2.45) is 0 Å². The van der Waals surface area contributed by atoms with Crippen molar-refractivity contribution in [3.05, 3.63) is 24.3 Å². The summed E-state index contributed by atoms with van der Waals surface area (Å²) >= 11 is 0. The third-order valence-electron chi connectivity index (χ3n) is 12.2. The largest absolute Gasteiger partial charge is 0.462 e. The molecule has 0 bridgehead atoms. The lowest BCUT2D eigenvalue weighted by Gasteiger charge is -2.18. The highest BCUT2D eigenvalue weighted by Crippen LogP contribution is 2.16. The maximum Gasteiger partial charge on any atom is 0.306 e. The number of carbonyl (C=O) groups is 3. The Bertz CT molecular complexity index is 1000. The molecule has 0 aliphatic heterocycles. The second-order valence-electron chi connectivity index (χ2n) is 18.5. The van der Waals surface area contributed by atoms with Crippen molar-refractivity contribution in [1.29, 1.82) is 0 Å². The van der Waals surface area contributed by atoms with Crippen molar-refractivity contribution in [2.75, 3.05) is 13.2 Å². The average molecular weight is 873 g/mol. The number of hydrogen-bond donors (Lipinski definition) is 0. The zero-order valence-electron chi connectivity index (χ0n) is 41.7. The lowest BCUT2D eigenvalue weighted by atomic mass is 10.0. The summed E-state index contributed by atoms with van der Waals surface area (Å²) in [6, 6.07) is 0. The maximum atomic E-state index is 12.8. The molecule has 364 valence electrons. The lowest BCUT2D eigenvalue weighted by molar-refractivity contribution is -0.167. The van der Waals surface area contributed by atoms with Crippen LogP contribution in [-0.2, 0) is 28.6 Å². The first-order chi connectivity index (χ1) is 30.5. The molecule has 62 heavy (non-hydrogen) atoms. The van der Waals surface area contributed by atoms with E-state index in [4.69, 9.17) is 14.2 Å². The molecule has 0 radical (unpaired) electrons. The molecule has 1 atom stereocenters. The highest BCUT2D eigenvalue weighted by atomic mass is 16.6. The Hall–Kier alpha value is -2.11. The second-order valence-corrected chi connectivity index (χ2v) is 18.5. The fourth-order valence-corrected chi connectivity index (χ4v) is 8.01. The molecule has 0 rings (SSSR count). The summed E-state index contributed by atoms with van der Waals surface area (Å²) in [4.78, 5) is 38.0. The van der Waals surface area contributed by atoms with Crippen molar-refractivity contribution in [2.45, 2.75) is 303 Å². The number of rotatable bonds is 50. The van der Waals surface area contributed by atoms with E-state index in [-0.39, 0.29) is 31.1 Å². The molecule has 0 unspecified atom stereocenters. The van der Waals surface area contributed by atoms with Crippen LogP contribution in [0.5, 0.6) is 0 Å². The molecule has 0 aromatic carbocycles. The van der Waals surface area contributed by atoms with Crippen molar-refractivity contribution < 1.29 is 28.6 Å². The highest BCUT2D eigenvalue weighted by Gasteiger charge is 2.19. The van der Waals surface area contributed by atoms with E-state index in [0.717, 1.165) is 70.6 Å². The van der Waals surface area contributed by atoms with Crippen LogP contribution in [0.2, 0.25) is 0 Å². The maximum absolute atomic E-state index is 12.8. The first-order valence-corrected chi connectivity index (χ1v) is 27.3. The summed E-state index contributed by atoms with van der Waals surface area (Å²) in [6.45, 7) is 6.62. The lowest BCUT2D eigenvalue weighted by Crippen LogP contribution is -2.30. The third-order valence-corrected chi connectivity index (χ3v) is 12.2. The Balaban J connectivity index is 4.32. The van der Waals surface area contributed by atoms with E-state index in [0.29, 0.717) is 19.3 Å². The van der Waals surface area contributed by atoms with Crippen molar-refractivity contribution in [1.82, 2.24) is 0 Å². The van der Waals surface area contributed by atoms with Gasteiger partial charge in [-0.1, -0.05) is 238 Å². The topological polar surface area (TPSA) is 78.9 Å². The Morgan fingerprint density at radius 3 is 0.855 bits per heavy atom. The average Bonchev–Trinajstić information content (AvgIpc) is 3.27. The Morgan fingerprint density at radius 2 is 0.548 bits per heavy atom. The van der Waals surface area contributed by atoms with Crippen molar-refractivity contribution in [3.63, 3.8) is 0 Å². The van der Waals surface area contributed by atoms with E-state index in [2.05, 4.69) is 45.1 Å². The highest BCUT2D eigenvalue weighted by molar-refractivity contribution is 5.71. The minimum atomic E-state index is -0.774. The predicted molar refractivity (Wildman–Crippen MR) is 266 cm³/mol. The monoisotopic (exact) mass is 873 g/mol. The zero-order valence-corrected chi connectivity index (χ0v) is 41.7. The summed E-state index contributed by atoms with van der Waals surface area (Å²) < 4.78 is 16.8. The second kappa shape index (κ2) is 51.5. The van der Waals surface area contributed by atoms with Crippen LogP contribution in [-0.4, -0.2) is 37.2 Å². The molecule has 0 fully saturated rings. The summed E-state index contributed by atoms with van der Waals surface area (Å²) in [6.07, 6.45) is 58.8. The molecule has 0 heterocycles. The van der Waals surface area contributed by atoms with E-state index in [9.17, 15) is 14.4 Å². The molecular weight excluding hydrogens is 769 g/mol. The number of allylic oxidation sites excluding steroid dienone is 4. The number of unbranched alkanes of at least 4 members (excludes halogenated alkanes) is 35. The Morgan fingerprint density at radius 1 is 0.306 bits per heavy atom. The number of carbonyl (C=O) groups excluding carboxylic acids is 3. The molecule has 0 saturated heterocycles. The number of ether oxygens (including phenoxy) is 3. The first kappa shape index (κ1) is 59.9. The summed E-state index contributed by atoms with van der Waals surface area (Å²) in [5.41, 5.74) is 0. The molecule has 0 aliphatic rings. The molecule has 0 aliphatic carbocycles. The van der Waals surface area contributed by atoms with Crippen LogP contribution in [0.1, 0.15) is 297 Å². The standard InChI is InChI=1S/C56H104O6/c1-4-7-10-13-16-19-22-24-26-28-30-31-34-37-40-43-46-49-55(58)61-52-53(51-60-54(57)48-45-42-39-36-33-21-18-15-12-9-6-3)62-56(59)50-47-44-41-38-35-32-29-27-25-23-20-17-14-11-8-5-2/h15,18,27,29,53H,4-14,16-17,19-26,28,30-52H2,1-3H3/b18-15-,29-27-/t53-/m1/s1. The predicted octanol–water partition coefficient (Wildman–Crippen LogP) is 17.9. The van der Waals surface area contributed by atoms with Gasteiger partial charge < -0.3 is 14.2 Å². The van der Waals surface area contributed by atoms with Crippen LogP contribution >= 0.6 is 0 Å². The van der Waals surface area contributed by atoms with Gasteiger partial charge in [-0.15, -0.1) is 0 Å². The molecule has 0 aromatic rings. The quantitative estimate of drug-likeness (QED) is 0.0262. The van der Waals surface area contributed by atoms with E-state index in [1.165, 1.54) is 186 Å². The molecule has 0 aromatic heterocycles. The SMILES string of the molecule is CCCC/C=C\CCCCCCCC(=O)OC[C@H](COC(=O)CCCCCCCCCCCCCCCCCCC)OC(=O)CCCCCCC/C=C\CCCCCCCCC. The molecule has 6 nitrogen and oxygen atoms in total.